The maximum Gasteiger partial charge on any atom is 0.134 e. The number of piperazine rings is 1. The van der Waals surface area contributed by atoms with Gasteiger partial charge in [0.05, 0.1) is 6.54 Å². The van der Waals surface area contributed by atoms with Crippen LogP contribution >= 0.6 is 0 Å². The zero-order valence-corrected chi connectivity index (χ0v) is 14.2. The molecule has 0 spiro atoms. The predicted molar refractivity (Wildman–Crippen MR) is 93.4 cm³/mol. The number of hydrogen-bond acceptors (Lipinski definition) is 4. The van der Waals surface area contributed by atoms with Gasteiger partial charge in [-0.15, -0.1) is 0 Å². The summed E-state index contributed by atoms with van der Waals surface area (Å²) in [5.41, 5.74) is 0.966. The fraction of sp³-hybridized carbons (Fsp3) is 0.579. The molecule has 0 aliphatic carbocycles. The number of benzene rings is 1. The fourth-order valence-corrected chi connectivity index (χ4v) is 3.57. The van der Waals surface area contributed by atoms with E-state index in [-0.39, 0.29) is 6.61 Å². The molecule has 1 fully saturated rings. The Bertz CT molecular complexity index is 590. The van der Waals surface area contributed by atoms with Crippen LogP contribution in [0.1, 0.15) is 26.0 Å². The Kier molecular flexibility index (Phi) is 5.36. The van der Waals surface area contributed by atoms with Gasteiger partial charge < -0.3 is 9.52 Å². The normalized spacial score (nSPS) is 20.6. The third-order valence-corrected chi connectivity index (χ3v) is 4.61. The Morgan fingerprint density at radius 3 is 2.83 bits per heavy atom. The second-order valence-corrected chi connectivity index (χ2v) is 7.04. The number of fused-ring (bicyclic) bond motifs is 1. The second kappa shape index (κ2) is 7.47. The number of aliphatic hydroxyl groups excluding tert-OH is 1. The molecule has 1 atom stereocenters. The first-order valence-electron chi connectivity index (χ1n) is 8.70. The molecule has 1 aromatic heterocycles. The van der Waals surface area contributed by atoms with Gasteiger partial charge in [0.2, 0.25) is 0 Å². The number of nitrogens with zero attached hydrogens (tertiary/aromatic N) is 2. The second-order valence-electron chi connectivity index (χ2n) is 7.04. The minimum Gasteiger partial charge on any atom is -0.460 e. The summed E-state index contributed by atoms with van der Waals surface area (Å²) in [7, 11) is 0. The van der Waals surface area contributed by atoms with E-state index < -0.39 is 0 Å². The van der Waals surface area contributed by atoms with Crippen molar-refractivity contribution in [3.63, 3.8) is 0 Å². The summed E-state index contributed by atoms with van der Waals surface area (Å²) in [5.74, 6) is 1.70. The van der Waals surface area contributed by atoms with Gasteiger partial charge in [-0.3, -0.25) is 9.80 Å². The van der Waals surface area contributed by atoms with Gasteiger partial charge in [0, 0.05) is 44.2 Å². The van der Waals surface area contributed by atoms with Crippen LogP contribution in [0.3, 0.4) is 0 Å². The van der Waals surface area contributed by atoms with E-state index in [1.54, 1.807) is 0 Å². The largest absolute Gasteiger partial charge is 0.460 e. The summed E-state index contributed by atoms with van der Waals surface area (Å²) in [6, 6.07) is 10.8. The molecule has 126 valence electrons. The third-order valence-electron chi connectivity index (χ3n) is 4.61. The van der Waals surface area contributed by atoms with Gasteiger partial charge in [-0.05, 0) is 24.5 Å². The maximum atomic E-state index is 9.38. The molecule has 3 rings (SSSR count). The highest BCUT2D eigenvalue weighted by Gasteiger charge is 2.27. The summed E-state index contributed by atoms with van der Waals surface area (Å²) in [5, 5.41) is 10.6. The highest BCUT2D eigenvalue weighted by atomic mass is 16.3. The maximum absolute atomic E-state index is 9.38. The van der Waals surface area contributed by atoms with Crippen LogP contribution < -0.4 is 0 Å². The van der Waals surface area contributed by atoms with E-state index in [4.69, 9.17) is 4.42 Å². The Hall–Kier alpha value is -1.36. The first-order chi connectivity index (χ1) is 11.2. The topological polar surface area (TPSA) is 39.9 Å². The molecule has 2 heterocycles. The summed E-state index contributed by atoms with van der Waals surface area (Å²) < 4.78 is 5.95. The molecule has 1 saturated heterocycles. The molecule has 23 heavy (non-hydrogen) atoms. The van der Waals surface area contributed by atoms with E-state index in [1.165, 1.54) is 5.39 Å². The average molecular weight is 316 g/mol. The standard InChI is InChI=1S/C19H28N2O2/c1-15(2)12-21-9-8-20(13-17(21)7-10-22)14-18-11-16-5-3-4-6-19(16)23-18/h3-6,11,15,17,22H,7-10,12-14H2,1-2H3. The van der Waals surface area contributed by atoms with Crippen molar-refractivity contribution in [3.8, 4) is 0 Å². The summed E-state index contributed by atoms with van der Waals surface area (Å²) in [6.07, 6.45) is 0.851. The number of aliphatic hydroxyl groups is 1. The number of rotatable bonds is 6. The molecule has 1 aromatic carbocycles. The summed E-state index contributed by atoms with van der Waals surface area (Å²) in [4.78, 5) is 4.99. The number of furan rings is 1. The van der Waals surface area contributed by atoms with Crippen LogP contribution in [0.5, 0.6) is 0 Å². The van der Waals surface area contributed by atoms with Gasteiger partial charge >= 0.3 is 0 Å². The molecule has 0 saturated carbocycles. The first kappa shape index (κ1) is 16.5. The Morgan fingerprint density at radius 2 is 2.09 bits per heavy atom. The van der Waals surface area contributed by atoms with Gasteiger partial charge in [-0.2, -0.15) is 0 Å². The van der Waals surface area contributed by atoms with Crippen molar-refractivity contribution in [2.24, 2.45) is 5.92 Å². The van der Waals surface area contributed by atoms with Gasteiger partial charge in [0.25, 0.3) is 0 Å². The predicted octanol–water partition coefficient (Wildman–Crippen LogP) is 2.96. The zero-order chi connectivity index (χ0) is 16.2. The fourth-order valence-electron chi connectivity index (χ4n) is 3.57. The Labute approximate surface area is 138 Å². The Morgan fingerprint density at radius 1 is 1.26 bits per heavy atom. The van der Waals surface area contributed by atoms with Crippen LogP contribution in [0.15, 0.2) is 34.7 Å². The van der Waals surface area contributed by atoms with Crippen molar-refractivity contribution in [1.82, 2.24) is 9.80 Å². The molecule has 1 unspecified atom stereocenters. The number of para-hydroxylation sites is 1. The Balaban J connectivity index is 1.64. The molecular formula is C19H28N2O2. The van der Waals surface area contributed by atoms with E-state index in [2.05, 4.69) is 35.8 Å². The summed E-state index contributed by atoms with van der Waals surface area (Å²) in [6.45, 7) is 9.89. The monoisotopic (exact) mass is 316 g/mol. The molecule has 1 aliphatic heterocycles. The lowest BCUT2D eigenvalue weighted by Crippen LogP contribution is -2.53. The molecule has 4 heteroatoms. The lowest BCUT2D eigenvalue weighted by molar-refractivity contribution is 0.0449. The lowest BCUT2D eigenvalue weighted by Gasteiger charge is -2.42. The minimum absolute atomic E-state index is 0.262. The van der Waals surface area contributed by atoms with Crippen molar-refractivity contribution < 1.29 is 9.52 Å². The molecular weight excluding hydrogens is 288 g/mol. The molecule has 0 radical (unpaired) electrons. The van der Waals surface area contributed by atoms with E-state index >= 15 is 0 Å². The van der Waals surface area contributed by atoms with Gasteiger partial charge in [-0.25, -0.2) is 0 Å². The van der Waals surface area contributed by atoms with Gasteiger partial charge in [-0.1, -0.05) is 32.0 Å². The van der Waals surface area contributed by atoms with Crippen molar-refractivity contribution in [2.45, 2.75) is 32.9 Å². The number of hydrogen-bond donors (Lipinski definition) is 1. The molecule has 1 aliphatic rings. The van der Waals surface area contributed by atoms with E-state index in [0.717, 1.165) is 50.5 Å². The van der Waals surface area contributed by atoms with Crippen LogP contribution in [0.2, 0.25) is 0 Å². The van der Waals surface area contributed by atoms with E-state index in [9.17, 15) is 5.11 Å². The van der Waals surface area contributed by atoms with Crippen LogP contribution in [0, 0.1) is 5.92 Å². The van der Waals surface area contributed by atoms with Gasteiger partial charge in [0.15, 0.2) is 0 Å². The smallest absolute Gasteiger partial charge is 0.134 e. The van der Waals surface area contributed by atoms with Crippen LogP contribution in [-0.2, 0) is 6.54 Å². The van der Waals surface area contributed by atoms with Crippen molar-refractivity contribution in [2.75, 3.05) is 32.8 Å². The van der Waals surface area contributed by atoms with E-state index in [0.29, 0.717) is 12.0 Å². The van der Waals surface area contributed by atoms with Crippen LogP contribution in [-0.4, -0.2) is 53.7 Å². The lowest BCUT2D eigenvalue weighted by atomic mass is 10.1. The first-order valence-corrected chi connectivity index (χ1v) is 8.70. The third kappa shape index (κ3) is 4.14. The average Bonchev–Trinajstić information content (AvgIpc) is 2.92. The quantitative estimate of drug-likeness (QED) is 0.889. The molecule has 2 aromatic rings. The summed E-state index contributed by atoms with van der Waals surface area (Å²) >= 11 is 0. The highest BCUT2D eigenvalue weighted by Crippen LogP contribution is 2.22. The van der Waals surface area contributed by atoms with Crippen molar-refractivity contribution in [1.29, 1.82) is 0 Å². The zero-order valence-electron chi connectivity index (χ0n) is 14.2. The molecule has 0 amide bonds. The van der Waals surface area contributed by atoms with Crippen molar-refractivity contribution in [3.05, 3.63) is 36.1 Å². The SMILES string of the molecule is CC(C)CN1CCN(Cc2cc3ccccc3o2)CC1CCO. The van der Waals surface area contributed by atoms with Crippen LogP contribution in [0.25, 0.3) is 11.0 Å². The van der Waals surface area contributed by atoms with Gasteiger partial charge in [0.1, 0.15) is 11.3 Å². The highest BCUT2D eigenvalue weighted by molar-refractivity contribution is 5.77. The minimum atomic E-state index is 0.262. The molecule has 0 bridgehead atoms. The van der Waals surface area contributed by atoms with Crippen molar-refractivity contribution >= 4 is 11.0 Å². The molecule has 4 nitrogen and oxygen atoms in total. The molecule has 1 N–H and O–H groups in total. The van der Waals surface area contributed by atoms with Crippen LogP contribution in [0.4, 0.5) is 0 Å². The van der Waals surface area contributed by atoms with E-state index in [1.807, 2.05) is 18.2 Å².